The largest absolute Gasteiger partial charge is 0.540 e. The van der Waals surface area contributed by atoms with Crippen molar-refractivity contribution >= 4 is 87.6 Å². The first-order valence-corrected chi connectivity index (χ1v) is 46.5. The predicted molar refractivity (Wildman–Crippen MR) is 474 cm³/mol. The predicted octanol–water partition coefficient (Wildman–Crippen LogP) is 15.5. The van der Waals surface area contributed by atoms with E-state index in [0.717, 1.165) is 122 Å². The molecule has 6 aliphatic heterocycles. The summed E-state index contributed by atoms with van der Waals surface area (Å²) >= 11 is 0. The number of amides is 3. The number of fused-ring (bicyclic) bond motifs is 15. The molecule has 717 valence electrons. The third-order valence-corrected chi connectivity index (χ3v) is 28.6. The molecule has 3 radical (unpaired) electrons. The Balaban J connectivity index is 0.000000203. The van der Waals surface area contributed by atoms with Gasteiger partial charge in [-0.1, -0.05) is 119 Å². The summed E-state index contributed by atoms with van der Waals surface area (Å²) in [6.07, 6.45) is 22.2. The molecule has 3 saturated heterocycles. The van der Waals surface area contributed by atoms with Crippen LogP contribution in [0.3, 0.4) is 0 Å². The summed E-state index contributed by atoms with van der Waals surface area (Å²) < 4.78 is 97.0. The van der Waals surface area contributed by atoms with Gasteiger partial charge in [0.2, 0.25) is 35.4 Å². The van der Waals surface area contributed by atoms with Crippen LogP contribution >= 0.6 is 0 Å². The zero-order valence-electron chi connectivity index (χ0n) is 78.7. The van der Waals surface area contributed by atoms with Gasteiger partial charge in [0.15, 0.2) is 0 Å². The van der Waals surface area contributed by atoms with Gasteiger partial charge in [-0.2, -0.15) is 0 Å². The number of carbonyl (C=O) groups excluding carboxylic acids is 9. The van der Waals surface area contributed by atoms with Crippen LogP contribution in [-0.4, -0.2) is 214 Å². The van der Waals surface area contributed by atoms with Gasteiger partial charge in [-0.3, -0.25) is 41.9 Å². The van der Waals surface area contributed by atoms with Crippen LogP contribution < -0.4 is 28.4 Å². The second kappa shape index (κ2) is 45.7. The number of aromatic nitrogens is 6. The van der Waals surface area contributed by atoms with Gasteiger partial charge in [0, 0.05) is 97.5 Å². The van der Waals surface area contributed by atoms with E-state index in [4.69, 9.17) is 72.5 Å². The van der Waals surface area contributed by atoms with Crippen LogP contribution in [0.5, 0.6) is 34.9 Å². The summed E-state index contributed by atoms with van der Waals surface area (Å²) in [6.45, 7) is 18.1. The van der Waals surface area contributed by atoms with E-state index in [0.29, 0.717) is 92.6 Å². The number of esters is 3. The van der Waals surface area contributed by atoms with Crippen molar-refractivity contribution < 1.29 is 155 Å². The Kier molecular flexibility index (Phi) is 36.6. The molecule has 0 N–H and O–H groups in total. The van der Waals surface area contributed by atoms with E-state index in [-0.39, 0.29) is 130 Å². The average Bonchev–Trinajstić information content (AvgIpc) is 1.63. The average molecular weight is 1940 g/mol. The zero-order chi connectivity index (χ0) is 92.6. The Morgan fingerprint density at radius 1 is 0.394 bits per heavy atom. The van der Waals surface area contributed by atoms with Crippen LogP contribution in [0, 0.1) is 69.5 Å². The quantitative estimate of drug-likeness (QED) is 0.0737. The number of methoxy groups -OCH3 is 3. The molecule has 3 amide bonds. The molecule has 27 nitrogen and oxygen atoms in total. The van der Waals surface area contributed by atoms with E-state index < -0.39 is 155 Å². The van der Waals surface area contributed by atoms with Crippen molar-refractivity contribution in [2.24, 2.45) is 69.5 Å². The van der Waals surface area contributed by atoms with E-state index >= 15 is 0 Å². The summed E-state index contributed by atoms with van der Waals surface area (Å²) in [5, 5.41) is 0. The van der Waals surface area contributed by atoms with Crippen molar-refractivity contribution in [3.63, 3.8) is 0 Å². The minimum absolute atomic E-state index is 0. The van der Waals surface area contributed by atoms with Gasteiger partial charge in [-0.25, -0.2) is 48.8 Å². The molecule has 33 heteroatoms. The molecule has 0 spiro atoms. The number of ether oxygens (including phenoxy) is 9. The molecule has 9 aliphatic rings. The van der Waals surface area contributed by atoms with E-state index in [2.05, 4.69) is 0 Å². The number of alkyl halides is 3. The molecular formula is C99H129F3N9O18V3-3. The summed E-state index contributed by atoms with van der Waals surface area (Å²) in [5.74, 6) is -4.10. The molecule has 3 saturated carbocycles. The number of rotatable bonds is 9. The van der Waals surface area contributed by atoms with Crippen molar-refractivity contribution in [1.82, 2.24) is 44.6 Å². The number of hydrogen-bond donors (Lipinski definition) is 0. The molecule has 0 unspecified atom stereocenters. The van der Waals surface area contributed by atoms with E-state index in [1.165, 1.54) is 14.7 Å². The SMILES string of the molecule is COc1ccc2nc3c(nc2c1)O[C@H]1CN(C(=O)[C@H](C(C)(C)C)CC(=O)O[C@@H]2CCC[C@H]2CCCCC3)[C@H]([C-]=O)[C@@H]1CF.COc1ccc2nc3c(nc2c1)O[C@H]1CN(C(=O)[C@H](C(C)(C)C)CC(=O)O[C@]2(C)CCC[C@H]2CCCCC3)[C@H]([C-]=O)[C@@H]1CF.COc1ccc2nc3c(nc2c1)O[C@H]1CN(C(=O)[C@H](C(C)(C)C)CC(=O)O[C@]2(C)C[C@H]2CCCCC3)[C@H]([C-]=O)[C@@H]1CF.[V].[V].[V]. The molecule has 3 aromatic carbocycles. The first-order valence-electron chi connectivity index (χ1n) is 46.5. The van der Waals surface area contributed by atoms with Crippen LogP contribution in [0.4, 0.5) is 13.2 Å². The second-order valence-corrected chi connectivity index (χ2v) is 40.5. The van der Waals surface area contributed by atoms with Crippen LogP contribution in [0.25, 0.3) is 33.1 Å². The topological polar surface area (TPSA) is 324 Å². The Hall–Kier alpha value is -8.15. The van der Waals surface area contributed by atoms with Crippen molar-refractivity contribution in [2.45, 2.75) is 290 Å². The van der Waals surface area contributed by atoms with Gasteiger partial charge in [0.1, 0.15) is 69.9 Å². The number of halogens is 3. The van der Waals surface area contributed by atoms with Crippen LogP contribution in [0.15, 0.2) is 54.6 Å². The molecule has 6 bridgehead atoms. The summed E-state index contributed by atoms with van der Waals surface area (Å²) in [7, 11) is 4.72. The van der Waals surface area contributed by atoms with Gasteiger partial charge in [0.25, 0.3) is 0 Å². The minimum atomic E-state index is -1.16. The van der Waals surface area contributed by atoms with E-state index in [9.17, 15) is 56.3 Å². The third-order valence-electron chi connectivity index (χ3n) is 28.6. The Morgan fingerprint density at radius 3 is 1.08 bits per heavy atom. The standard InChI is InChI=1S/C34H45FN3O6.C33H43FN3O6.C32H41FN3O6.3V/c1-33(2,3)24-17-30(40)44-34(4)15-9-11-21(34)10-7-6-8-12-26-31(37-27-16-22(42-5)13-14-25(27)36-26)43-29-19-38(32(24)41)28(20-39)23(29)18-35;1-33(2,3)23-16-30(39)42-28-12-8-10-20(28)9-6-5-7-11-25-31(36-26-15-21(41-4)13-14-24(26)35-25)43-29-18-37(32(23)40)27(19-38)22(29)17-34;1-31(2,3)22-14-28(38)42-32(4)15-19(32)9-7-6-8-10-24-29(35-25-13-20(40-5)11-12-23(25)34-24)41-27-17-36(30(22)39)26(18-37)21(27)16-33;;;/h13-14,16,21,23-24,28-29H,6-12,15,17-19H2,1-5H3;13-15,20,22-23,27-29H,5-12,16-18H2,1-4H3;11-13,19,21-22,26-27H,6-10,14-17H2,1-5H3;;;/q3*-1;;;/t21-,23+,24-,28-,29+,34-;20-,22+,23-,27-,28-,29+;19-,21+,22-,26-,27+,32-;;;/m111.../s1. The monoisotopic (exact) mass is 1940 g/mol. The fourth-order valence-corrected chi connectivity index (χ4v) is 20.5. The van der Waals surface area contributed by atoms with Gasteiger partial charge in [-0.15, -0.1) is 0 Å². The summed E-state index contributed by atoms with van der Waals surface area (Å²) in [6, 6.07) is 12.8. The Labute approximate surface area is 809 Å². The Bertz CT molecular complexity index is 5040. The van der Waals surface area contributed by atoms with Gasteiger partial charge >= 0.3 is 17.9 Å². The minimum Gasteiger partial charge on any atom is -0.540 e. The molecule has 18 atom stereocenters. The van der Waals surface area contributed by atoms with Crippen LogP contribution in [0.2, 0.25) is 0 Å². The van der Waals surface area contributed by atoms with Gasteiger partial charge < -0.3 is 71.7 Å². The molecular weight excluding hydrogens is 1810 g/mol. The third kappa shape index (κ3) is 24.6. The molecule has 132 heavy (non-hydrogen) atoms. The zero-order valence-corrected chi connectivity index (χ0v) is 82.9. The molecule has 3 aromatic heterocycles. The maximum Gasteiger partial charge on any atom is 0.307 e. The molecule has 3 aliphatic carbocycles. The van der Waals surface area contributed by atoms with Crippen molar-refractivity contribution in [1.29, 1.82) is 0 Å². The van der Waals surface area contributed by atoms with Crippen molar-refractivity contribution in [3.8, 4) is 34.9 Å². The number of aryl methyl sites for hydroxylation is 3. The fourth-order valence-electron chi connectivity index (χ4n) is 20.5. The van der Waals surface area contributed by atoms with E-state index in [1.807, 2.05) is 131 Å². The Morgan fingerprint density at radius 2 is 0.727 bits per heavy atom. The first kappa shape index (κ1) is 106. The first-order chi connectivity index (χ1) is 61.6. The summed E-state index contributed by atoms with van der Waals surface area (Å²) in [4.78, 5) is 152. The molecule has 6 aromatic rings. The fraction of sp³-hybridized carbons (Fsp3) is 0.667. The van der Waals surface area contributed by atoms with E-state index in [1.54, 1.807) is 39.5 Å². The molecule has 9 heterocycles. The van der Waals surface area contributed by atoms with Gasteiger partial charge in [0.05, 0.1) is 131 Å². The normalized spacial score (nSPS) is 29.5. The van der Waals surface area contributed by atoms with Gasteiger partial charge in [-0.05, 0) is 181 Å². The van der Waals surface area contributed by atoms with Crippen molar-refractivity contribution in [3.05, 3.63) is 71.7 Å². The maximum atomic E-state index is 14.6. The number of hydrogen-bond acceptors (Lipinski definition) is 24. The molecule has 6 fully saturated rings. The van der Waals surface area contributed by atoms with Crippen LogP contribution in [0.1, 0.15) is 235 Å². The summed E-state index contributed by atoms with van der Waals surface area (Å²) in [5.41, 5.74) is 2.80. The smallest absolute Gasteiger partial charge is 0.307 e. The number of nitrogens with zero attached hydrogens (tertiary/aromatic N) is 9. The maximum absolute atomic E-state index is 14.6. The van der Waals surface area contributed by atoms with Crippen LogP contribution in [-0.2, 0) is 132 Å². The molecule has 15 rings (SSSR count). The number of benzene rings is 3. The second-order valence-electron chi connectivity index (χ2n) is 40.5. The number of carbonyl (C=O) groups is 6. The van der Waals surface area contributed by atoms with Crippen molar-refractivity contribution in [2.75, 3.05) is 61.0 Å².